The van der Waals surface area contributed by atoms with Crippen molar-refractivity contribution in [1.82, 2.24) is 4.72 Å². The fraction of sp³-hybridized carbons (Fsp3) is 0.545. The zero-order chi connectivity index (χ0) is 14.8. The number of rotatable bonds is 4. The maximum absolute atomic E-state index is 12.4. The van der Waals surface area contributed by atoms with Crippen molar-refractivity contribution in [2.45, 2.75) is 41.9 Å². The van der Waals surface area contributed by atoms with E-state index in [4.69, 9.17) is 10.9 Å². The van der Waals surface area contributed by atoms with Gasteiger partial charge in [0.2, 0.25) is 0 Å². The highest BCUT2D eigenvalue weighted by molar-refractivity contribution is 9.11. The lowest BCUT2D eigenvalue weighted by Crippen LogP contribution is -2.58. The number of nitrogens with one attached hydrogen (secondary N) is 1. The molecule has 1 aliphatic carbocycles. The van der Waals surface area contributed by atoms with Crippen LogP contribution in [-0.4, -0.2) is 25.0 Å². The fourth-order valence-electron chi connectivity index (χ4n) is 2.41. The lowest BCUT2D eigenvalue weighted by Gasteiger charge is -2.36. The first-order chi connectivity index (χ1) is 9.39. The fourth-order valence-corrected chi connectivity index (χ4v) is 5.86. The van der Waals surface area contributed by atoms with Gasteiger partial charge in [-0.05, 0) is 40.9 Å². The summed E-state index contributed by atoms with van der Waals surface area (Å²) in [5.74, 6) is -0.0728. The molecule has 0 amide bonds. The predicted octanol–water partition coefficient (Wildman–Crippen LogP) is 2.24. The van der Waals surface area contributed by atoms with Crippen LogP contribution >= 0.6 is 27.3 Å². The molecule has 0 bridgehead atoms. The number of nitrogens with two attached hydrogens (primary N) is 1. The molecule has 1 saturated carbocycles. The third-order valence-electron chi connectivity index (χ3n) is 3.45. The molecule has 4 N–H and O–H groups in total. The highest BCUT2D eigenvalue weighted by atomic mass is 79.9. The molecule has 20 heavy (non-hydrogen) atoms. The standard InChI is InChI=1S/C11H16BrN3O3S2/c12-8-4-5-9(19-8)20(17,18)15-11(10(13)14-16)6-2-1-3-7-11/h4-5,15-16H,1-3,6-7H2,(H2,13,14). The van der Waals surface area contributed by atoms with Crippen LogP contribution in [0.4, 0.5) is 0 Å². The first-order valence-electron chi connectivity index (χ1n) is 6.17. The molecular weight excluding hydrogens is 366 g/mol. The van der Waals surface area contributed by atoms with Crippen molar-refractivity contribution in [3.8, 4) is 0 Å². The molecule has 0 unspecified atom stereocenters. The van der Waals surface area contributed by atoms with E-state index in [-0.39, 0.29) is 10.0 Å². The Morgan fingerprint density at radius 1 is 1.40 bits per heavy atom. The number of hydrogen-bond donors (Lipinski definition) is 3. The summed E-state index contributed by atoms with van der Waals surface area (Å²) in [5.41, 5.74) is 4.76. The summed E-state index contributed by atoms with van der Waals surface area (Å²) >= 11 is 4.37. The largest absolute Gasteiger partial charge is 0.409 e. The van der Waals surface area contributed by atoms with E-state index in [2.05, 4.69) is 25.8 Å². The highest BCUT2D eigenvalue weighted by Crippen LogP contribution is 2.32. The minimum Gasteiger partial charge on any atom is -0.409 e. The second-order valence-electron chi connectivity index (χ2n) is 4.79. The van der Waals surface area contributed by atoms with Crippen molar-refractivity contribution in [3.05, 3.63) is 15.9 Å². The molecule has 112 valence electrons. The van der Waals surface area contributed by atoms with E-state index in [9.17, 15) is 8.42 Å². The summed E-state index contributed by atoms with van der Waals surface area (Å²) in [6, 6.07) is 3.20. The van der Waals surface area contributed by atoms with Gasteiger partial charge in [0.25, 0.3) is 10.0 Å². The Labute approximate surface area is 130 Å². The topological polar surface area (TPSA) is 105 Å². The van der Waals surface area contributed by atoms with Gasteiger partial charge in [-0.25, -0.2) is 8.42 Å². The third-order valence-corrected chi connectivity index (χ3v) is 7.10. The molecular formula is C11H16BrN3O3S2. The van der Waals surface area contributed by atoms with Crippen molar-refractivity contribution in [3.63, 3.8) is 0 Å². The summed E-state index contributed by atoms with van der Waals surface area (Å²) < 4.78 is 28.4. The van der Waals surface area contributed by atoms with Gasteiger partial charge in [0.05, 0.1) is 9.33 Å². The maximum Gasteiger partial charge on any atom is 0.251 e. The summed E-state index contributed by atoms with van der Waals surface area (Å²) in [6.07, 6.45) is 3.77. The molecule has 0 radical (unpaired) electrons. The Kier molecular flexibility index (Phi) is 4.73. The molecule has 0 aliphatic heterocycles. The van der Waals surface area contributed by atoms with Crippen LogP contribution in [0.25, 0.3) is 0 Å². The quantitative estimate of drug-likeness (QED) is 0.321. The van der Waals surface area contributed by atoms with Crippen molar-refractivity contribution in [1.29, 1.82) is 0 Å². The van der Waals surface area contributed by atoms with E-state index in [1.54, 1.807) is 6.07 Å². The van der Waals surface area contributed by atoms with Crippen molar-refractivity contribution in [2.24, 2.45) is 10.9 Å². The minimum absolute atomic E-state index is 0.0728. The first-order valence-corrected chi connectivity index (χ1v) is 9.26. The monoisotopic (exact) mass is 381 g/mol. The van der Waals surface area contributed by atoms with Crippen LogP contribution in [0, 0.1) is 0 Å². The number of amidine groups is 1. The maximum atomic E-state index is 12.4. The van der Waals surface area contributed by atoms with Gasteiger partial charge in [-0.15, -0.1) is 11.3 Å². The van der Waals surface area contributed by atoms with E-state index < -0.39 is 15.6 Å². The van der Waals surface area contributed by atoms with Gasteiger partial charge in [-0.2, -0.15) is 4.72 Å². The Balaban J connectivity index is 2.32. The lowest BCUT2D eigenvalue weighted by atomic mass is 9.82. The van der Waals surface area contributed by atoms with Gasteiger partial charge in [0.15, 0.2) is 5.84 Å². The van der Waals surface area contributed by atoms with E-state index in [1.807, 2.05) is 0 Å². The molecule has 9 heteroatoms. The molecule has 6 nitrogen and oxygen atoms in total. The zero-order valence-corrected chi connectivity index (χ0v) is 13.9. The van der Waals surface area contributed by atoms with E-state index in [0.29, 0.717) is 12.8 Å². The molecule has 1 fully saturated rings. The van der Waals surface area contributed by atoms with E-state index in [1.165, 1.54) is 6.07 Å². The Morgan fingerprint density at radius 3 is 2.55 bits per heavy atom. The summed E-state index contributed by atoms with van der Waals surface area (Å²) in [6.45, 7) is 0. The van der Waals surface area contributed by atoms with Gasteiger partial charge in [-0.1, -0.05) is 24.4 Å². The first kappa shape index (κ1) is 15.7. The SMILES string of the molecule is N/C(=N/O)C1(NS(=O)(=O)c2ccc(Br)s2)CCCCC1. The number of halogens is 1. The van der Waals surface area contributed by atoms with Gasteiger partial charge in [0.1, 0.15) is 4.21 Å². The molecule has 0 atom stereocenters. The normalized spacial score (nSPS) is 19.9. The molecule has 0 aromatic carbocycles. The summed E-state index contributed by atoms with van der Waals surface area (Å²) in [7, 11) is -3.69. The van der Waals surface area contributed by atoms with Crippen molar-refractivity contribution in [2.75, 3.05) is 0 Å². The smallest absolute Gasteiger partial charge is 0.251 e. The molecule has 1 heterocycles. The van der Waals surface area contributed by atoms with Gasteiger partial charge in [0, 0.05) is 0 Å². The number of thiophene rings is 1. The molecule has 1 aliphatic rings. The van der Waals surface area contributed by atoms with Gasteiger partial charge < -0.3 is 10.9 Å². The van der Waals surface area contributed by atoms with E-state index >= 15 is 0 Å². The number of oxime groups is 1. The summed E-state index contributed by atoms with van der Waals surface area (Å²) in [4.78, 5) is 0. The van der Waals surface area contributed by atoms with Crippen LogP contribution in [0.5, 0.6) is 0 Å². The second kappa shape index (κ2) is 6.00. The predicted molar refractivity (Wildman–Crippen MR) is 81.6 cm³/mol. The Bertz CT molecular complexity index is 606. The minimum atomic E-state index is -3.69. The van der Waals surface area contributed by atoms with Gasteiger partial charge in [-0.3, -0.25) is 0 Å². The zero-order valence-electron chi connectivity index (χ0n) is 10.7. The number of hydrogen-bond acceptors (Lipinski definition) is 5. The molecule has 1 aromatic heterocycles. The summed E-state index contributed by atoms with van der Waals surface area (Å²) in [5, 5.41) is 12.0. The molecule has 2 rings (SSSR count). The lowest BCUT2D eigenvalue weighted by molar-refractivity contribution is 0.294. The van der Waals surface area contributed by atoms with Crippen LogP contribution in [0.15, 0.2) is 25.3 Å². The average Bonchev–Trinajstić information content (AvgIpc) is 2.86. The highest BCUT2D eigenvalue weighted by Gasteiger charge is 2.40. The number of nitrogens with zero attached hydrogens (tertiary/aromatic N) is 1. The third kappa shape index (κ3) is 3.16. The Morgan fingerprint density at radius 2 is 2.05 bits per heavy atom. The van der Waals surface area contributed by atoms with Crippen molar-refractivity contribution >= 4 is 43.1 Å². The average molecular weight is 382 g/mol. The Hall–Kier alpha value is -0.640. The number of sulfonamides is 1. The molecule has 1 aromatic rings. The van der Waals surface area contributed by atoms with Crippen LogP contribution in [-0.2, 0) is 10.0 Å². The van der Waals surface area contributed by atoms with E-state index in [0.717, 1.165) is 34.4 Å². The van der Waals surface area contributed by atoms with Gasteiger partial charge >= 0.3 is 0 Å². The second-order valence-corrected chi connectivity index (χ2v) is 9.16. The molecule has 0 saturated heterocycles. The van der Waals surface area contributed by atoms with Crippen LogP contribution in [0.1, 0.15) is 32.1 Å². The van der Waals surface area contributed by atoms with Crippen LogP contribution in [0.3, 0.4) is 0 Å². The van der Waals surface area contributed by atoms with Crippen LogP contribution < -0.4 is 10.5 Å². The molecule has 0 spiro atoms. The van der Waals surface area contributed by atoms with Crippen LogP contribution in [0.2, 0.25) is 0 Å². The van der Waals surface area contributed by atoms with Crippen molar-refractivity contribution < 1.29 is 13.6 Å².